The van der Waals surface area contributed by atoms with Gasteiger partial charge in [0.25, 0.3) is 0 Å². The van der Waals surface area contributed by atoms with E-state index in [1.807, 2.05) is 4.57 Å². The quantitative estimate of drug-likeness (QED) is 0.220. The van der Waals surface area contributed by atoms with Crippen molar-refractivity contribution in [3.05, 3.63) is 95.0 Å². The Morgan fingerprint density at radius 1 is 1.07 bits per heavy atom. The normalized spacial score (nSPS) is 16.5. The van der Waals surface area contributed by atoms with Gasteiger partial charge in [-0.05, 0) is 61.2 Å². The van der Waals surface area contributed by atoms with Crippen molar-refractivity contribution in [2.75, 3.05) is 6.61 Å². The fraction of sp³-hybridized carbons (Fsp3) is 0.290. The summed E-state index contributed by atoms with van der Waals surface area (Å²) in [6.07, 6.45) is 4.71. The number of pyridine rings is 1. The summed E-state index contributed by atoms with van der Waals surface area (Å²) < 4.78 is 49.7. The Morgan fingerprint density at radius 2 is 1.93 bits per heavy atom. The van der Waals surface area contributed by atoms with Crippen LogP contribution in [0.1, 0.15) is 58.6 Å². The average molecular weight is 573 g/mol. The smallest absolute Gasteiger partial charge is 0.335 e. The van der Waals surface area contributed by atoms with Crippen LogP contribution < -0.4 is 4.74 Å². The predicted octanol–water partition coefficient (Wildman–Crippen LogP) is 5.90. The molecule has 1 unspecified atom stereocenters. The molecule has 1 aliphatic carbocycles. The molecule has 9 nitrogen and oxygen atoms in total. The maximum absolute atomic E-state index is 15.5. The van der Waals surface area contributed by atoms with Gasteiger partial charge in [-0.15, -0.1) is 0 Å². The molecule has 1 atom stereocenters. The minimum Gasteiger partial charge on any atom is -0.478 e. The molecule has 2 fully saturated rings. The lowest BCUT2D eigenvalue weighted by atomic mass is 10.0. The van der Waals surface area contributed by atoms with Gasteiger partial charge in [0.05, 0.1) is 41.1 Å². The summed E-state index contributed by atoms with van der Waals surface area (Å²) in [5.74, 6) is 0.124. The van der Waals surface area contributed by atoms with Crippen LogP contribution in [0, 0.1) is 11.6 Å². The number of imidazole rings is 1. The molecule has 2 aromatic carbocycles. The summed E-state index contributed by atoms with van der Waals surface area (Å²) in [6, 6.07) is 11.8. The highest BCUT2D eigenvalue weighted by Gasteiger charge is 2.28. The van der Waals surface area contributed by atoms with Crippen molar-refractivity contribution < 1.29 is 32.6 Å². The highest BCUT2D eigenvalue weighted by Crippen LogP contribution is 2.40. The van der Waals surface area contributed by atoms with Crippen LogP contribution in [0.5, 0.6) is 5.88 Å². The van der Waals surface area contributed by atoms with Gasteiger partial charge < -0.3 is 23.6 Å². The summed E-state index contributed by atoms with van der Waals surface area (Å²) in [6.45, 7) is 1.15. The summed E-state index contributed by atoms with van der Waals surface area (Å²) in [7, 11) is 0. The number of hydrogen-bond acceptors (Lipinski definition) is 7. The van der Waals surface area contributed by atoms with Gasteiger partial charge in [0.15, 0.2) is 6.61 Å². The van der Waals surface area contributed by atoms with Crippen molar-refractivity contribution in [2.45, 2.75) is 50.9 Å². The van der Waals surface area contributed by atoms with E-state index in [-0.39, 0.29) is 47.4 Å². The number of aromatic nitrogens is 4. The zero-order valence-electron chi connectivity index (χ0n) is 22.4. The number of halogens is 2. The molecule has 7 rings (SSSR count). The third kappa shape index (κ3) is 5.23. The summed E-state index contributed by atoms with van der Waals surface area (Å²) in [5.41, 5.74) is 1.62. The second kappa shape index (κ2) is 10.6. The number of oxazole rings is 1. The van der Waals surface area contributed by atoms with Crippen molar-refractivity contribution in [1.82, 2.24) is 19.5 Å². The van der Waals surface area contributed by atoms with E-state index in [9.17, 15) is 9.90 Å². The van der Waals surface area contributed by atoms with Gasteiger partial charge in [-0.25, -0.2) is 28.5 Å². The molecular formula is C31H26F2N4O5. The first-order valence-electron chi connectivity index (χ1n) is 13.8. The zero-order chi connectivity index (χ0) is 28.8. The summed E-state index contributed by atoms with van der Waals surface area (Å²) in [5, 5.41) is 9.46. The Morgan fingerprint density at radius 3 is 2.69 bits per heavy atom. The molecular weight excluding hydrogens is 546 g/mol. The van der Waals surface area contributed by atoms with Gasteiger partial charge in [-0.3, -0.25) is 0 Å². The van der Waals surface area contributed by atoms with E-state index < -0.39 is 17.6 Å². The molecule has 42 heavy (non-hydrogen) atoms. The molecule has 0 radical (unpaired) electrons. The van der Waals surface area contributed by atoms with Gasteiger partial charge in [-0.2, -0.15) is 0 Å². The molecule has 2 aliphatic rings. The lowest BCUT2D eigenvalue weighted by molar-refractivity contribution is -0.0589. The molecule has 1 aliphatic heterocycles. The lowest BCUT2D eigenvalue weighted by Gasteiger charge is -2.27. The largest absolute Gasteiger partial charge is 0.478 e. The maximum Gasteiger partial charge on any atom is 0.335 e. The molecule has 0 spiro atoms. The minimum atomic E-state index is -1.06. The molecule has 4 heterocycles. The van der Waals surface area contributed by atoms with Gasteiger partial charge in [0, 0.05) is 30.6 Å². The van der Waals surface area contributed by atoms with E-state index in [1.165, 1.54) is 6.07 Å². The second-order valence-corrected chi connectivity index (χ2v) is 10.6. The van der Waals surface area contributed by atoms with Crippen LogP contribution in [0.3, 0.4) is 0 Å². The number of carboxylic acid groups (broad SMARTS) is 1. The second-order valence-electron chi connectivity index (χ2n) is 10.6. The fourth-order valence-electron chi connectivity index (χ4n) is 5.10. The molecule has 0 amide bonds. The van der Waals surface area contributed by atoms with Gasteiger partial charge >= 0.3 is 5.97 Å². The Labute approximate surface area is 238 Å². The fourth-order valence-corrected chi connectivity index (χ4v) is 5.10. The van der Waals surface area contributed by atoms with Crippen molar-refractivity contribution in [1.29, 1.82) is 0 Å². The SMILES string of the molecule is O=C(O)c1ccc2nc(Cc3cc(F)c(-c4cccc(OCc5ncc(C6CC6)o5)n4)cc3F)n(CC3CCO3)c2c1. The van der Waals surface area contributed by atoms with Crippen molar-refractivity contribution >= 4 is 17.0 Å². The molecule has 0 bridgehead atoms. The highest BCUT2D eigenvalue weighted by molar-refractivity contribution is 5.92. The Kier molecular flexibility index (Phi) is 6.66. The molecule has 5 aromatic rings. The first-order valence-corrected chi connectivity index (χ1v) is 13.8. The van der Waals surface area contributed by atoms with Gasteiger partial charge in [0.1, 0.15) is 23.2 Å². The Balaban J connectivity index is 1.14. The van der Waals surface area contributed by atoms with E-state index in [1.54, 1.807) is 36.5 Å². The molecule has 214 valence electrons. The number of ether oxygens (including phenoxy) is 2. The number of fused-ring (bicyclic) bond motifs is 1. The van der Waals surface area contributed by atoms with Crippen LogP contribution in [0.2, 0.25) is 0 Å². The topological polar surface area (TPSA) is 113 Å². The number of carbonyl (C=O) groups is 1. The Hall–Kier alpha value is -4.64. The predicted molar refractivity (Wildman–Crippen MR) is 146 cm³/mol. The van der Waals surface area contributed by atoms with Crippen molar-refractivity contribution in [2.24, 2.45) is 0 Å². The van der Waals surface area contributed by atoms with Gasteiger partial charge in [0.2, 0.25) is 11.8 Å². The van der Waals surface area contributed by atoms with Crippen LogP contribution in [0.4, 0.5) is 8.78 Å². The van der Waals surface area contributed by atoms with Crippen LogP contribution in [0.15, 0.2) is 59.1 Å². The first kappa shape index (κ1) is 26.3. The molecule has 1 saturated heterocycles. The molecule has 1 saturated carbocycles. The Bertz CT molecular complexity index is 1810. The van der Waals surface area contributed by atoms with E-state index in [4.69, 9.17) is 13.9 Å². The van der Waals surface area contributed by atoms with E-state index >= 15 is 8.78 Å². The summed E-state index contributed by atoms with van der Waals surface area (Å²) in [4.78, 5) is 24.8. The number of benzene rings is 2. The van der Waals surface area contributed by atoms with E-state index in [0.717, 1.165) is 37.2 Å². The molecule has 3 aromatic heterocycles. The van der Waals surface area contributed by atoms with Gasteiger partial charge in [-0.1, -0.05) is 6.07 Å². The summed E-state index contributed by atoms with van der Waals surface area (Å²) >= 11 is 0. The number of rotatable bonds is 10. The maximum atomic E-state index is 15.5. The lowest BCUT2D eigenvalue weighted by Crippen LogP contribution is -2.31. The van der Waals surface area contributed by atoms with Crippen LogP contribution in [-0.2, 0) is 24.3 Å². The number of nitrogens with zero attached hydrogens (tertiary/aromatic N) is 4. The molecule has 1 N–H and O–H groups in total. The zero-order valence-corrected chi connectivity index (χ0v) is 22.4. The number of carboxylic acids is 1. The monoisotopic (exact) mass is 572 g/mol. The minimum absolute atomic E-state index is 0.00239. The molecule has 11 heteroatoms. The number of hydrogen-bond donors (Lipinski definition) is 1. The van der Waals surface area contributed by atoms with Crippen LogP contribution in [-0.4, -0.2) is 43.3 Å². The third-order valence-corrected chi connectivity index (χ3v) is 7.63. The van der Waals surface area contributed by atoms with Crippen LogP contribution in [0.25, 0.3) is 22.3 Å². The third-order valence-electron chi connectivity index (χ3n) is 7.63. The van der Waals surface area contributed by atoms with E-state index in [0.29, 0.717) is 41.8 Å². The number of aromatic carboxylic acids is 1. The first-order chi connectivity index (χ1) is 20.4. The van der Waals surface area contributed by atoms with Crippen molar-refractivity contribution in [3.8, 4) is 17.1 Å². The average Bonchev–Trinajstić information content (AvgIpc) is 3.60. The van der Waals surface area contributed by atoms with E-state index in [2.05, 4.69) is 15.0 Å². The standard InChI is InChI=1S/C31H26F2N4O5/c32-22-13-21(24-2-1-3-29(36-24)41-16-30-34-14-27(42-30)17-4-5-17)23(33)10-19(22)12-28-35-25-7-6-18(31(38)39)11-26(25)37(28)15-20-8-9-40-20/h1-3,6-7,10-11,13-14,17,20H,4-5,8-9,12,15-16H2,(H,38,39). The van der Waals surface area contributed by atoms with Crippen molar-refractivity contribution in [3.63, 3.8) is 0 Å². The highest BCUT2D eigenvalue weighted by atomic mass is 19.1. The van der Waals surface area contributed by atoms with Crippen LogP contribution >= 0.6 is 0 Å².